The molecular formula is C13H18N4O3. The van der Waals surface area contributed by atoms with Gasteiger partial charge >= 0.3 is 12.0 Å². The number of rotatable bonds is 4. The number of nitrogens with one attached hydrogen (secondary N) is 2. The normalized spacial score (nSPS) is 16.4. The molecule has 7 heteroatoms. The van der Waals surface area contributed by atoms with Crippen LogP contribution in [0.3, 0.4) is 0 Å². The highest BCUT2D eigenvalue weighted by Gasteiger charge is 2.24. The Kier molecular flexibility index (Phi) is 4.39. The number of hydrogen-bond acceptors (Lipinski definition) is 3. The smallest absolute Gasteiger partial charge is 0.326 e. The van der Waals surface area contributed by atoms with Gasteiger partial charge in [-0.15, -0.1) is 0 Å². The first-order valence-corrected chi connectivity index (χ1v) is 6.47. The number of carbonyl (C=O) groups excluding carboxylic acids is 1. The highest BCUT2D eigenvalue weighted by Crippen LogP contribution is 2.09. The van der Waals surface area contributed by atoms with E-state index in [1.165, 1.54) is 6.33 Å². The van der Waals surface area contributed by atoms with Crippen LogP contribution in [0.1, 0.15) is 19.0 Å². The lowest BCUT2D eigenvalue weighted by Crippen LogP contribution is -2.50. The minimum Gasteiger partial charge on any atom is -0.480 e. The quantitative estimate of drug-likeness (QED) is 0.708. The molecule has 2 heterocycles. The number of amides is 2. The van der Waals surface area contributed by atoms with Crippen LogP contribution in [0.5, 0.6) is 0 Å². The van der Waals surface area contributed by atoms with Crippen LogP contribution in [0, 0.1) is 0 Å². The first kappa shape index (κ1) is 14.1. The molecule has 0 fully saturated rings. The molecule has 7 nitrogen and oxygen atoms in total. The van der Waals surface area contributed by atoms with Crippen LogP contribution in [0.15, 0.2) is 24.2 Å². The first-order valence-electron chi connectivity index (χ1n) is 6.47. The average Bonchev–Trinajstić information content (AvgIpc) is 2.90. The first-order chi connectivity index (χ1) is 9.56. The van der Waals surface area contributed by atoms with Crippen LogP contribution < -0.4 is 5.32 Å². The summed E-state index contributed by atoms with van der Waals surface area (Å²) in [5.74, 6) is -1.06. The van der Waals surface area contributed by atoms with Crippen molar-refractivity contribution >= 4 is 12.0 Å². The predicted octanol–water partition coefficient (Wildman–Crippen LogP) is 0.767. The number of imidazole rings is 1. The number of H-pyrrole nitrogens is 1. The molecule has 0 aliphatic carbocycles. The molecule has 2 rings (SSSR count). The number of carboxylic acids is 1. The molecule has 1 atom stereocenters. The van der Waals surface area contributed by atoms with Gasteiger partial charge in [-0.05, 0) is 13.3 Å². The van der Waals surface area contributed by atoms with E-state index in [9.17, 15) is 14.7 Å². The summed E-state index contributed by atoms with van der Waals surface area (Å²) in [4.78, 5) is 31.6. The number of carboxylic acid groups (broad SMARTS) is 1. The maximum Gasteiger partial charge on any atom is 0.326 e. The van der Waals surface area contributed by atoms with E-state index in [1.807, 2.05) is 6.92 Å². The third-order valence-corrected chi connectivity index (χ3v) is 3.19. The number of hydrogen-bond donors (Lipinski definition) is 3. The Bertz CT molecular complexity index is 510. The van der Waals surface area contributed by atoms with Crippen molar-refractivity contribution in [3.63, 3.8) is 0 Å². The molecule has 0 aromatic carbocycles. The molecule has 1 aliphatic heterocycles. The van der Waals surface area contributed by atoms with E-state index < -0.39 is 12.0 Å². The average molecular weight is 278 g/mol. The van der Waals surface area contributed by atoms with Crippen molar-refractivity contribution in [3.8, 4) is 0 Å². The number of carbonyl (C=O) groups is 2. The van der Waals surface area contributed by atoms with Gasteiger partial charge < -0.3 is 20.3 Å². The Morgan fingerprint density at radius 2 is 2.40 bits per heavy atom. The zero-order valence-corrected chi connectivity index (χ0v) is 11.3. The molecule has 20 heavy (non-hydrogen) atoms. The van der Waals surface area contributed by atoms with Crippen LogP contribution in [-0.4, -0.2) is 51.1 Å². The zero-order chi connectivity index (χ0) is 14.5. The van der Waals surface area contributed by atoms with Gasteiger partial charge in [-0.25, -0.2) is 14.6 Å². The van der Waals surface area contributed by atoms with Crippen LogP contribution in [0.25, 0.3) is 0 Å². The van der Waals surface area contributed by atoms with E-state index in [0.29, 0.717) is 18.8 Å². The molecule has 0 radical (unpaired) electrons. The summed E-state index contributed by atoms with van der Waals surface area (Å²) >= 11 is 0. The Hall–Kier alpha value is -2.31. The van der Waals surface area contributed by atoms with Gasteiger partial charge in [0.25, 0.3) is 0 Å². The van der Waals surface area contributed by atoms with Crippen molar-refractivity contribution in [2.24, 2.45) is 0 Å². The van der Waals surface area contributed by atoms with Gasteiger partial charge in [0.05, 0.1) is 6.33 Å². The van der Waals surface area contributed by atoms with Crippen LogP contribution >= 0.6 is 0 Å². The summed E-state index contributed by atoms with van der Waals surface area (Å²) in [6, 6.07) is -1.31. The lowest BCUT2D eigenvalue weighted by molar-refractivity contribution is -0.139. The number of nitrogens with zero attached hydrogens (tertiary/aromatic N) is 2. The van der Waals surface area contributed by atoms with Crippen molar-refractivity contribution in [1.82, 2.24) is 20.2 Å². The highest BCUT2D eigenvalue weighted by molar-refractivity contribution is 5.83. The second-order valence-corrected chi connectivity index (χ2v) is 4.88. The zero-order valence-electron chi connectivity index (χ0n) is 11.3. The fraction of sp³-hybridized carbons (Fsp3) is 0.462. The number of aromatic nitrogens is 2. The summed E-state index contributed by atoms with van der Waals surface area (Å²) < 4.78 is 0. The fourth-order valence-corrected chi connectivity index (χ4v) is 2.14. The molecule has 1 aromatic rings. The Labute approximate surface area is 116 Å². The predicted molar refractivity (Wildman–Crippen MR) is 72.2 cm³/mol. The van der Waals surface area contributed by atoms with Gasteiger partial charge in [0.15, 0.2) is 0 Å². The van der Waals surface area contributed by atoms with Crippen molar-refractivity contribution in [1.29, 1.82) is 0 Å². The van der Waals surface area contributed by atoms with Crippen LogP contribution in [0.2, 0.25) is 0 Å². The maximum absolute atomic E-state index is 12.1. The molecule has 108 valence electrons. The van der Waals surface area contributed by atoms with Gasteiger partial charge in [0.2, 0.25) is 0 Å². The van der Waals surface area contributed by atoms with Gasteiger partial charge in [0.1, 0.15) is 6.04 Å². The second-order valence-electron chi connectivity index (χ2n) is 4.88. The van der Waals surface area contributed by atoms with Crippen molar-refractivity contribution in [2.45, 2.75) is 25.8 Å². The SMILES string of the molecule is CC1=CCCN(C(=O)NC(Cc2cnc[nH]2)C(=O)O)C1. The highest BCUT2D eigenvalue weighted by atomic mass is 16.4. The largest absolute Gasteiger partial charge is 0.480 e. The third-order valence-electron chi connectivity index (χ3n) is 3.19. The Balaban J connectivity index is 1.96. The molecule has 3 N–H and O–H groups in total. The van der Waals surface area contributed by atoms with Crippen molar-refractivity contribution in [3.05, 3.63) is 29.9 Å². The Morgan fingerprint density at radius 3 is 3.00 bits per heavy atom. The minimum atomic E-state index is -1.06. The summed E-state index contributed by atoms with van der Waals surface area (Å²) in [5, 5.41) is 11.7. The Morgan fingerprint density at radius 1 is 1.60 bits per heavy atom. The van der Waals surface area contributed by atoms with Gasteiger partial charge in [0, 0.05) is 31.4 Å². The van der Waals surface area contributed by atoms with Gasteiger partial charge in [-0.1, -0.05) is 11.6 Å². The summed E-state index contributed by atoms with van der Waals surface area (Å²) in [6.07, 6.45) is 6.11. The molecular weight excluding hydrogens is 260 g/mol. The number of urea groups is 1. The van der Waals surface area contributed by atoms with E-state index in [4.69, 9.17) is 0 Å². The topological polar surface area (TPSA) is 98.3 Å². The monoisotopic (exact) mass is 278 g/mol. The van der Waals surface area contributed by atoms with Gasteiger partial charge in [-0.3, -0.25) is 0 Å². The van der Waals surface area contributed by atoms with Gasteiger partial charge in [-0.2, -0.15) is 0 Å². The summed E-state index contributed by atoms with van der Waals surface area (Å²) in [7, 11) is 0. The number of aromatic amines is 1. The minimum absolute atomic E-state index is 0.184. The second kappa shape index (κ2) is 6.23. The fourth-order valence-electron chi connectivity index (χ4n) is 2.14. The molecule has 1 aromatic heterocycles. The third kappa shape index (κ3) is 3.59. The van der Waals surface area contributed by atoms with Crippen molar-refractivity contribution in [2.75, 3.05) is 13.1 Å². The maximum atomic E-state index is 12.1. The standard InChI is InChI=1S/C13H18N4O3/c1-9-3-2-4-17(7-9)13(20)16-11(12(18)19)5-10-6-14-8-15-10/h3,6,8,11H,2,4-5,7H2,1H3,(H,14,15)(H,16,20)(H,18,19). The molecule has 1 unspecified atom stereocenters. The van der Waals surface area contributed by atoms with E-state index in [1.54, 1.807) is 11.1 Å². The number of aliphatic carboxylic acids is 1. The van der Waals surface area contributed by atoms with Crippen molar-refractivity contribution < 1.29 is 14.7 Å². The molecule has 0 saturated heterocycles. The molecule has 2 amide bonds. The van der Waals surface area contributed by atoms with E-state index >= 15 is 0 Å². The van der Waals surface area contributed by atoms with E-state index in [-0.39, 0.29) is 12.5 Å². The molecule has 0 saturated carbocycles. The van der Waals surface area contributed by atoms with E-state index in [2.05, 4.69) is 21.4 Å². The molecule has 0 spiro atoms. The van der Waals surface area contributed by atoms with Crippen LogP contribution in [0.4, 0.5) is 4.79 Å². The summed E-state index contributed by atoms with van der Waals surface area (Å²) in [6.45, 7) is 3.11. The molecule has 0 bridgehead atoms. The summed E-state index contributed by atoms with van der Waals surface area (Å²) in [5.41, 5.74) is 1.79. The lowest BCUT2D eigenvalue weighted by Gasteiger charge is -2.27. The van der Waals surface area contributed by atoms with E-state index in [0.717, 1.165) is 12.0 Å². The lowest BCUT2D eigenvalue weighted by atomic mass is 10.1. The van der Waals surface area contributed by atoms with Crippen LogP contribution in [-0.2, 0) is 11.2 Å². The molecule has 1 aliphatic rings.